The molecule has 1 fully saturated rings. The number of nitrogens with zero attached hydrogens (tertiary/aromatic N) is 3. The number of nitriles is 1. The Bertz CT molecular complexity index is 995. The van der Waals surface area contributed by atoms with E-state index in [9.17, 15) is 10.1 Å². The molecule has 2 aromatic heterocycles. The zero-order valence-corrected chi connectivity index (χ0v) is 14.7. The fourth-order valence-electron chi connectivity index (χ4n) is 2.92. The molecule has 128 valence electrons. The average Bonchev–Trinajstić information content (AvgIpc) is 3.42. The van der Waals surface area contributed by atoms with Gasteiger partial charge in [-0.1, -0.05) is 12.1 Å². The molecule has 0 bridgehead atoms. The Morgan fingerprint density at radius 1 is 1.31 bits per heavy atom. The molecule has 4 rings (SSSR count). The number of carbonyl (C=O) groups excluding carboxylic acids is 1. The molecule has 0 atom stereocenters. The number of aromatic nitrogens is 1. The van der Waals surface area contributed by atoms with Crippen LogP contribution in [0.3, 0.4) is 0 Å². The molecule has 26 heavy (non-hydrogen) atoms. The summed E-state index contributed by atoms with van der Waals surface area (Å²) >= 11 is 1.42. The van der Waals surface area contributed by atoms with Crippen LogP contribution >= 0.6 is 11.3 Å². The standard InChI is InChI=1S/C20H15N3O2S/c21-12-15(11-17-3-2-10-25-17)20-22-18(13-26-20)14-5-7-16(8-6-14)23-9-1-4-19(23)24/h2-3,5-8,10-11,13H,1,4,9H2/b15-11+. The molecule has 1 aromatic carbocycles. The van der Waals surface area contributed by atoms with E-state index in [1.807, 2.05) is 34.5 Å². The maximum Gasteiger partial charge on any atom is 0.227 e. The summed E-state index contributed by atoms with van der Waals surface area (Å²) < 4.78 is 5.27. The summed E-state index contributed by atoms with van der Waals surface area (Å²) in [6, 6.07) is 13.6. The summed E-state index contributed by atoms with van der Waals surface area (Å²) in [6.45, 7) is 0.780. The van der Waals surface area contributed by atoms with Gasteiger partial charge in [0.05, 0.1) is 17.5 Å². The molecule has 0 saturated carbocycles. The lowest BCUT2D eigenvalue weighted by Crippen LogP contribution is -2.23. The summed E-state index contributed by atoms with van der Waals surface area (Å²) in [5, 5.41) is 12.0. The van der Waals surface area contributed by atoms with E-state index >= 15 is 0 Å². The number of carbonyl (C=O) groups is 1. The van der Waals surface area contributed by atoms with Gasteiger partial charge in [0.2, 0.25) is 5.91 Å². The van der Waals surface area contributed by atoms with Crippen LogP contribution in [0, 0.1) is 11.3 Å². The third-order valence-corrected chi connectivity index (χ3v) is 5.11. The van der Waals surface area contributed by atoms with E-state index in [0.717, 1.165) is 29.9 Å². The lowest BCUT2D eigenvalue weighted by molar-refractivity contribution is -0.117. The van der Waals surface area contributed by atoms with Gasteiger partial charge in [-0.3, -0.25) is 4.79 Å². The number of amides is 1. The zero-order chi connectivity index (χ0) is 17.9. The highest BCUT2D eigenvalue weighted by Crippen LogP contribution is 2.29. The fraction of sp³-hybridized carbons (Fsp3) is 0.150. The summed E-state index contributed by atoms with van der Waals surface area (Å²) in [5.41, 5.74) is 3.15. The second-order valence-corrected chi connectivity index (χ2v) is 6.78. The molecule has 0 N–H and O–H groups in total. The number of furan rings is 1. The first-order valence-corrected chi connectivity index (χ1v) is 9.14. The molecule has 3 aromatic rings. The average molecular weight is 361 g/mol. The van der Waals surface area contributed by atoms with Crippen molar-refractivity contribution in [3.05, 3.63) is 58.8 Å². The van der Waals surface area contributed by atoms with Crippen molar-refractivity contribution in [3.63, 3.8) is 0 Å². The lowest BCUT2D eigenvalue weighted by Gasteiger charge is -2.15. The number of anilines is 1. The van der Waals surface area contributed by atoms with Gasteiger partial charge >= 0.3 is 0 Å². The SMILES string of the molecule is N#C/C(=C\c1ccco1)c1nc(-c2ccc(N3CCCC3=O)cc2)cs1. The molecule has 5 nitrogen and oxygen atoms in total. The van der Waals surface area contributed by atoms with E-state index in [1.54, 1.807) is 24.5 Å². The van der Waals surface area contributed by atoms with E-state index in [2.05, 4.69) is 11.1 Å². The molecule has 0 spiro atoms. The second kappa shape index (κ2) is 6.98. The van der Waals surface area contributed by atoms with Gasteiger partial charge in [0.1, 0.15) is 16.8 Å². The normalized spacial score (nSPS) is 14.7. The minimum Gasteiger partial charge on any atom is -0.465 e. The highest BCUT2D eigenvalue weighted by molar-refractivity contribution is 7.11. The Morgan fingerprint density at radius 2 is 2.15 bits per heavy atom. The number of hydrogen-bond donors (Lipinski definition) is 0. The molecule has 1 aliphatic rings. The molecule has 0 unspecified atom stereocenters. The molecule has 3 heterocycles. The van der Waals surface area contributed by atoms with Crippen LogP contribution in [0.25, 0.3) is 22.9 Å². The van der Waals surface area contributed by atoms with Gasteiger partial charge in [0.25, 0.3) is 0 Å². The Hall–Kier alpha value is -3.17. The van der Waals surface area contributed by atoms with Gasteiger partial charge in [-0.15, -0.1) is 11.3 Å². The monoisotopic (exact) mass is 361 g/mol. The molecule has 0 radical (unpaired) electrons. The van der Waals surface area contributed by atoms with Crippen LogP contribution in [-0.2, 0) is 4.79 Å². The topological polar surface area (TPSA) is 70.1 Å². The van der Waals surface area contributed by atoms with Gasteiger partial charge in [0, 0.05) is 35.7 Å². The summed E-state index contributed by atoms with van der Waals surface area (Å²) in [6.07, 6.45) is 4.79. The van der Waals surface area contributed by atoms with Crippen LogP contribution < -0.4 is 4.90 Å². The largest absolute Gasteiger partial charge is 0.465 e. The maximum atomic E-state index is 11.8. The van der Waals surface area contributed by atoms with Crippen molar-refractivity contribution in [3.8, 4) is 17.3 Å². The van der Waals surface area contributed by atoms with Crippen molar-refractivity contribution in [1.82, 2.24) is 4.98 Å². The van der Waals surface area contributed by atoms with Crippen LogP contribution in [-0.4, -0.2) is 17.4 Å². The minimum absolute atomic E-state index is 0.176. The van der Waals surface area contributed by atoms with Gasteiger partial charge in [-0.05, 0) is 30.7 Å². The first kappa shape index (κ1) is 16.3. The van der Waals surface area contributed by atoms with E-state index in [-0.39, 0.29) is 5.91 Å². The number of benzene rings is 1. The molecular formula is C20H15N3O2S. The molecule has 1 saturated heterocycles. The third kappa shape index (κ3) is 3.17. The molecular weight excluding hydrogens is 346 g/mol. The molecule has 6 heteroatoms. The summed E-state index contributed by atoms with van der Waals surface area (Å²) in [7, 11) is 0. The van der Waals surface area contributed by atoms with Gasteiger partial charge in [-0.25, -0.2) is 4.98 Å². The predicted molar refractivity (Wildman–Crippen MR) is 101 cm³/mol. The molecule has 1 amide bonds. The van der Waals surface area contributed by atoms with E-state index in [0.29, 0.717) is 22.8 Å². The molecule has 1 aliphatic heterocycles. The van der Waals surface area contributed by atoms with Crippen molar-refractivity contribution < 1.29 is 9.21 Å². The zero-order valence-electron chi connectivity index (χ0n) is 13.9. The van der Waals surface area contributed by atoms with E-state index in [4.69, 9.17) is 4.42 Å². The number of thiazole rings is 1. The van der Waals surface area contributed by atoms with Crippen molar-refractivity contribution in [2.24, 2.45) is 0 Å². The van der Waals surface area contributed by atoms with E-state index in [1.165, 1.54) is 11.3 Å². The van der Waals surface area contributed by atoms with Crippen molar-refractivity contribution in [2.45, 2.75) is 12.8 Å². The van der Waals surface area contributed by atoms with Crippen LogP contribution in [0.15, 0.2) is 52.5 Å². The quantitative estimate of drug-likeness (QED) is 0.637. The lowest BCUT2D eigenvalue weighted by atomic mass is 10.1. The second-order valence-electron chi connectivity index (χ2n) is 5.92. The Morgan fingerprint density at radius 3 is 2.81 bits per heavy atom. The highest BCUT2D eigenvalue weighted by atomic mass is 32.1. The van der Waals surface area contributed by atoms with Crippen molar-refractivity contribution in [2.75, 3.05) is 11.4 Å². The first-order chi connectivity index (χ1) is 12.7. The first-order valence-electron chi connectivity index (χ1n) is 8.26. The highest BCUT2D eigenvalue weighted by Gasteiger charge is 2.21. The van der Waals surface area contributed by atoms with Crippen molar-refractivity contribution >= 4 is 34.6 Å². The minimum atomic E-state index is 0.176. The number of hydrogen-bond acceptors (Lipinski definition) is 5. The van der Waals surface area contributed by atoms with Crippen LogP contribution in [0.2, 0.25) is 0 Å². The Labute approximate surface area is 154 Å². The predicted octanol–water partition coefficient (Wildman–Crippen LogP) is 4.59. The Kier molecular flexibility index (Phi) is 4.38. The van der Waals surface area contributed by atoms with Gasteiger partial charge in [0.15, 0.2) is 0 Å². The van der Waals surface area contributed by atoms with Crippen molar-refractivity contribution in [1.29, 1.82) is 5.26 Å². The van der Waals surface area contributed by atoms with E-state index < -0.39 is 0 Å². The Balaban J connectivity index is 1.58. The summed E-state index contributed by atoms with van der Waals surface area (Å²) in [5.74, 6) is 0.799. The van der Waals surface area contributed by atoms with Crippen LogP contribution in [0.5, 0.6) is 0 Å². The fourth-order valence-corrected chi connectivity index (χ4v) is 3.72. The van der Waals surface area contributed by atoms with Crippen LogP contribution in [0.4, 0.5) is 5.69 Å². The van der Waals surface area contributed by atoms with Gasteiger partial charge in [-0.2, -0.15) is 5.26 Å². The maximum absolute atomic E-state index is 11.8. The molecule has 0 aliphatic carbocycles. The number of allylic oxidation sites excluding steroid dienone is 1. The number of rotatable bonds is 4. The smallest absolute Gasteiger partial charge is 0.227 e. The third-order valence-electron chi connectivity index (χ3n) is 4.23. The van der Waals surface area contributed by atoms with Crippen LogP contribution in [0.1, 0.15) is 23.6 Å². The summed E-state index contributed by atoms with van der Waals surface area (Å²) in [4.78, 5) is 18.2. The van der Waals surface area contributed by atoms with Gasteiger partial charge < -0.3 is 9.32 Å².